The van der Waals surface area contributed by atoms with E-state index in [1.54, 1.807) is 18.1 Å². The van der Waals surface area contributed by atoms with Crippen molar-refractivity contribution in [1.82, 2.24) is 9.88 Å². The second-order valence-corrected chi connectivity index (χ2v) is 4.57. The zero-order valence-electron chi connectivity index (χ0n) is 11.1. The topological polar surface area (TPSA) is 56.3 Å². The Morgan fingerprint density at radius 2 is 2.21 bits per heavy atom. The number of nitrogens with zero attached hydrogens (tertiary/aromatic N) is 1. The number of allylic oxidation sites excluding steroid dienone is 1. The fraction of sp³-hybridized carbons (Fsp3) is 0.267. The van der Waals surface area contributed by atoms with E-state index < -0.39 is 12.0 Å². The second-order valence-electron chi connectivity index (χ2n) is 4.57. The molecular formula is C15H18N2O2. The maximum atomic E-state index is 11.4. The molecule has 0 fully saturated rings. The number of carboxylic acids is 1. The Morgan fingerprint density at radius 1 is 1.47 bits per heavy atom. The van der Waals surface area contributed by atoms with E-state index in [1.807, 2.05) is 43.5 Å². The first kappa shape index (κ1) is 13.2. The number of aliphatic carboxylic acids is 1. The molecule has 0 saturated heterocycles. The molecule has 0 saturated carbocycles. The van der Waals surface area contributed by atoms with Crippen LogP contribution in [0.3, 0.4) is 0 Å². The van der Waals surface area contributed by atoms with Gasteiger partial charge in [0.05, 0.1) is 0 Å². The van der Waals surface area contributed by atoms with Gasteiger partial charge in [-0.15, -0.1) is 0 Å². The van der Waals surface area contributed by atoms with Crippen LogP contribution in [0.15, 0.2) is 42.7 Å². The van der Waals surface area contributed by atoms with Gasteiger partial charge in [0, 0.05) is 30.6 Å². The van der Waals surface area contributed by atoms with Crippen LogP contribution in [0.2, 0.25) is 0 Å². The molecule has 0 spiro atoms. The minimum absolute atomic E-state index is 0.472. The predicted molar refractivity (Wildman–Crippen MR) is 76.0 cm³/mol. The van der Waals surface area contributed by atoms with Gasteiger partial charge in [0.2, 0.25) is 0 Å². The van der Waals surface area contributed by atoms with E-state index in [0.717, 1.165) is 16.5 Å². The number of benzene rings is 1. The molecule has 1 atom stereocenters. The van der Waals surface area contributed by atoms with Crippen molar-refractivity contribution in [2.75, 3.05) is 7.05 Å². The average Bonchev–Trinajstić information content (AvgIpc) is 2.79. The monoisotopic (exact) mass is 258 g/mol. The molecule has 0 amide bonds. The third-order valence-electron chi connectivity index (χ3n) is 3.25. The standard InChI is InChI=1S/C15H18N2O2/c1-3-8-17(2)14(15(18)19)9-11-10-16-13-7-5-4-6-12(11)13/h3-8,10,14,16H,9H2,1-2H3,(H,18,19)/t14-/m0/s1. The summed E-state index contributed by atoms with van der Waals surface area (Å²) in [5, 5.41) is 10.4. The van der Waals surface area contributed by atoms with E-state index in [1.165, 1.54) is 0 Å². The number of aromatic nitrogens is 1. The quantitative estimate of drug-likeness (QED) is 0.866. The fourth-order valence-corrected chi connectivity index (χ4v) is 2.25. The maximum absolute atomic E-state index is 11.4. The molecule has 2 aromatic rings. The van der Waals surface area contributed by atoms with Gasteiger partial charge in [-0.3, -0.25) is 0 Å². The lowest BCUT2D eigenvalue weighted by molar-refractivity contribution is -0.141. The number of nitrogens with one attached hydrogen (secondary N) is 1. The number of H-pyrrole nitrogens is 1. The van der Waals surface area contributed by atoms with Crippen LogP contribution in [-0.2, 0) is 11.2 Å². The van der Waals surface area contributed by atoms with Crippen LogP contribution in [0.25, 0.3) is 10.9 Å². The molecule has 4 nitrogen and oxygen atoms in total. The predicted octanol–water partition coefficient (Wildman–Crippen LogP) is 2.63. The fourth-order valence-electron chi connectivity index (χ4n) is 2.25. The van der Waals surface area contributed by atoms with Crippen LogP contribution < -0.4 is 0 Å². The highest BCUT2D eigenvalue weighted by Crippen LogP contribution is 2.20. The molecule has 100 valence electrons. The first-order valence-corrected chi connectivity index (χ1v) is 6.26. The van der Waals surface area contributed by atoms with Gasteiger partial charge in [-0.1, -0.05) is 24.3 Å². The summed E-state index contributed by atoms with van der Waals surface area (Å²) in [6.07, 6.45) is 5.99. The molecule has 0 aliphatic carbocycles. The zero-order chi connectivity index (χ0) is 13.8. The lowest BCUT2D eigenvalue weighted by Crippen LogP contribution is -2.36. The molecule has 2 N–H and O–H groups in total. The van der Waals surface area contributed by atoms with Crippen LogP contribution in [-0.4, -0.2) is 34.0 Å². The molecule has 0 unspecified atom stereocenters. The molecule has 0 aliphatic heterocycles. The first-order chi connectivity index (χ1) is 9.13. The lowest BCUT2D eigenvalue weighted by atomic mass is 10.0. The Hall–Kier alpha value is -2.23. The number of fused-ring (bicyclic) bond motifs is 1. The Bertz CT molecular complexity index is 601. The van der Waals surface area contributed by atoms with Crippen LogP contribution in [0.1, 0.15) is 12.5 Å². The van der Waals surface area contributed by atoms with Crippen molar-refractivity contribution in [2.45, 2.75) is 19.4 Å². The number of aromatic amines is 1. The third kappa shape index (κ3) is 2.78. The van der Waals surface area contributed by atoms with Gasteiger partial charge >= 0.3 is 5.97 Å². The van der Waals surface area contributed by atoms with E-state index in [0.29, 0.717) is 6.42 Å². The molecule has 0 aliphatic rings. The summed E-state index contributed by atoms with van der Waals surface area (Å²) >= 11 is 0. The highest BCUT2D eigenvalue weighted by molar-refractivity contribution is 5.84. The third-order valence-corrected chi connectivity index (χ3v) is 3.25. The summed E-state index contributed by atoms with van der Waals surface area (Å²) in [4.78, 5) is 16.3. The van der Waals surface area contributed by atoms with Gasteiger partial charge in [-0.25, -0.2) is 4.79 Å². The van der Waals surface area contributed by atoms with Crippen LogP contribution in [0.5, 0.6) is 0 Å². The van der Waals surface area contributed by atoms with Crippen molar-refractivity contribution in [3.8, 4) is 0 Å². The van der Waals surface area contributed by atoms with E-state index >= 15 is 0 Å². The minimum Gasteiger partial charge on any atom is -0.480 e. The van der Waals surface area contributed by atoms with Gasteiger partial charge in [-0.2, -0.15) is 0 Å². The Kier molecular flexibility index (Phi) is 3.90. The van der Waals surface area contributed by atoms with Gasteiger partial charge in [0.1, 0.15) is 6.04 Å². The number of likely N-dealkylation sites (N-methyl/N-ethyl adjacent to an activating group) is 1. The minimum atomic E-state index is -0.814. The van der Waals surface area contributed by atoms with Crippen molar-refractivity contribution < 1.29 is 9.90 Å². The summed E-state index contributed by atoms with van der Waals surface area (Å²) in [5.74, 6) is -0.814. The van der Waals surface area contributed by atoms with Crippen molar-refractivity contribution in [3.63, 3.8) is 0 Å². The summed E-state index contributed by atoms with van der Waals surface area (Å²) in [7, 11) is 1.79. The smallest absolute Gasteiger partial charge is 0.326 e. The Labute approximate surface area is 112 Å². The van der Waals surface area contributed by atoms with Crippen molar-refractivity contribution in [2.24, 2.45) is 0 Å². The van der Waals surface area contributed by atoms with Crippen LogP contribution in [0.4, 0.5) is 0 Å². The van der Waals surface area contributed by atoms with Crippen LogP contribution >= 0.6 is 0 Å². The Morgan fingerprint density at radius 3 is 2.89 bits per heavy atom. The number of hydrogen-bond acceptors (Lipinski definition) is 2. The summed E-state index contributed by atoms with van der Waals surface area (Å²) in [5.41, 5.74) is 2.06. The largest absolute Gasteiger partial charge is 0.480 e. The summed E-state index contributed by atoms with van der Waals surface area (Å²) < 4.78 is 0. The van der Waals surface area contributed by atoms with Gasteiger partial charge in [-0.05, 0) is 24.8 Å². The van der Waals surface area contributed by atoms with E-state index in [9.17, 15) is 9.90 Å². The normalized spacial score (nSPS) is 12.9. The lowest BCUT2D eigenvalue weighted by Gasteiger charge is -2.22. The average molecular weight is 258 g/mol. The van der Waals surface area contributed by atoms with E-state index in [2.05, 4.69) is 4.98 Å². The number of rotatable bonds is 5. The molecule has 1 heterocycles. The van der Waals surface area contributed by atoms with Crippen molar-refractivity contribution >= 4 is 16.9 Å². The highest BCUT2D eigenvalue weighted by atomic mass is 16.4. The van der Waals surface area contributed by atoms with Gasteiger partial charge in [0.25, 0.3) is 0 Å². The molecule has 19 heavy (non-hydrogen) atoms. The van der Waals surface area contributed by atoms with E-state index in [-0.39, 0.29) is 0 Å². The number of carbonyl (C=O) groups is 1. The summed E-state index contributed by atoms with van der Waals surface area (Å²) in [6.45, 7) is 1.88. The van der Waals surface area contributed by atoms with E-state index in [4.69, 9.17) is 0 Å². The molecule has 2 rings (SSSR count). The molecular weight excluding hydrogens is 240 g/mol. The molecule has 1 aromatic carbocycles. The molecule has 1 aromatic heterocycles. The first-order valence-electron chi connectivity index (χ1n) is 6.26. The van der Waals surface area contributed by atoms with Crippen molar-refractivity contribution in [3.05, 3.63) is 48.3 Å². The SMILES string of the molecule is CC=CN(C)[C@@H](Cc1c[nH]c2ccccc12)C(=O)O. The maximum Gasteiger partial charge on any atom is 0.326 e. The number of carboxylic acid groups (broad SMARTS) is 1. The number of para-hydroxylation sites is 1. The number of hydrogen-bond donors (Lipinski definition) is 2. The highest BCUT2D eigenvalue weighted by Gasteiger charge is 2.22. The second kappa shape index (κ2) is 5.61. The molecule has 0 bridgehead atoms. The van der Waals surface area contributed by atoms with Gasteiger partial charge in [0.15, 0.2) is 0 Å². The van der Waals surface area contributed by atoms with Crippen LogP contribution in [0, 0.1) is 0 Å². The van der Waals surface area contributed by atoms with Crippen molar-refractivity contribution in [1.29, 1.82) is 0 Å². The summed E-state index contributed by atoms with van der Waals surface area (Å²) in [6, 6.07) is 7.37. The Balaban J connectivity index is 2.29. The zero-order valence-corrected chi connectivity index (χ0v) is 11.1. The molecule has 0 radical (unpaired) electrons. The molecule has 4 heteroatoms. The van der Waals surface area contributed by atoms with Gasteiger partial charge < -0.3 is 15.0 Å².